The van der Waals surface area contributed by atoms with Crippen molar-refractivity contribution in [1.82, 2.24) is 4.90 Å². The number of carboxylic acids is 1. The molecule has 0 aliphatic rings. The first kappa shape index (κ1) is 14.7. The van der Waals surface area contributed by atoms with Crippen molar-refractivity contribution in [3.63, 3.8) is 0 Å². The van der Waals surface area contributed by atoms with E-state index in [-0.39, 0.29) is 12.2 Å². The highest BCUT2D eigenvalue weighted by molar-refractivity contribution is 5.87. The van der Waals surface area contributed by atoms with Crippen LogP contribution >= 0.6 is 0 Å². The van der Waals surface area contributed by atoms with Gasteiger partial charge in [-0.15, -0.1) is 0 Å². The Balaban J connectivity index is 2.72. The first-order valence-electron chi connectivity index (χ1n) is 6.27. The van der Waals surface area contributed by atoms with Crippen LogP contribution in [0, 0.1) is 0 Å². The maximum atomic E-state index is 10.8. The molecule has 0 amide bonds. The summed E-state index contributed by atoms with van der Waals surface area (Å²) in [5.74, 6) is -0.367. The molecule has 5 heteroatoms. The molecule has 0 fully saturated rings. The topological polar surface area (TPSA) is 73.9 Å². The molecule has 102 valence electrons. The summed E-state index contributed by atoms with van der Waals surface area (Å²) in [6.07, 6.45) is 3.23. The first-order valence-corrected chi connectivity index (χ1v) is 6.27. The van der Waals surface area contributed by atoms with Crippen molar-refractivity contribution in [2.75, 3.05) is 13.2 Å². The van der Waals surface area contributed by atoms with Crippen molar-refractivity contribution in [3.05, 3.63) is 23.7 Å². The molecule has 0 atom stereocenters. The van der Waals surface area contributed by atoms with E-state index in [2.05, 4.69) is 18.7 Å². The fourth-order valence-electron chi connectivity index (χ4n) is 2.10. The van der Waals surface area contributed by atoms with Crippen molar-refractivity contribution in [2.24, 2.45) is 0 Å². The quantitative estimate of drug-likeness (QED) is 0.742. The molecule has 1 aromatic heterocycles. The molecule has 0 spiro atoms. The molecular weight excluding hydrogens is 234 g/mol. The maximum absolute atomic E-state index is 10.8. The van der Waals surface area contributed by atoms with Crippen LogP contribution < -0.4 is 0 Å². The van der Waals surface area contributed by atoms with Gasteiger partial charge in [-0.3, -0.25) is 4.90 Å². The molecule has 0 bridgehead atoms. The number of hydrogen-bond donors (Lipinski definition) is 2. The van der Waals surface area contributed by atoms with Crippen LogP contribution in [0.2, 0.25) is 0 Å². The standard InChI is InChI=1S/C13H21NO4/c1-3-11(4-2)14(5-6-15)8-12-7-10(9-18-12)13(16)17/h7,9,11,15H,3-6,8H2,1-2H3,(H,16,17). The molecule has 2 N–H and O–H groups in total. The molecule has 0 unspecified atom stereocenters. The normalized spacial score (nSPS) is 11.4. The fraction of sp³-hybridized carbons (Fsp3) is 0.615. The third-order valence-corrected chi connectivity index (χ3v) is 3.11. The Morgan fingerprint density at radius 2 is 2.11 bits per heavy atom. The highest BCUT2D eigenvalue weighted by Gasteiger charge is 2.17. The van der Waals surface area contributed by atoms with Crippen LogP contribution in [-0.2, 0) is 6.54 Å². The third kappa shape index (κ3) is 3.85. The number of furan rings is 1. The Bertz CT molecular complexity index is 371. The van der Waals surface area contributed by atoms with Crippen LogP contribution in [0.4, 0.5) is 0 Å². The summed E-state index contributed by atoms with van der Waals surface area (Å²) >= 11 is 0. The second-order valence-corrected chi connectivity index (χ2v) is 4.27. The van der Waals surface area contributed by atoms with Crippen molar-refractivity contribution in [2.45, 2.75) is 39.3 Å². The van der Waals surface area contributed by atoms with Gasteiger partial charge < -0.3 is 14.6 Å². The van der Waals surface area contributed by atoms with Crippen LogP contribution in [0.3, 0.4) is 0 Å². The van der Waals surface area contributed by atoms with Gasteiger partial charge in [0, 0.05) is 12.6 Å². The predicted molar refractivity (Wildman–Crippen MR) is 67.5 cm³/mol. The minimum atomic E-state index is -0.985. The minimum Gasteiger partial charge on any atom is -0.478 e. The van der Waals surface area contributed by atoms with E-state index in [1.165, 1.54) is 12.3 Å². The lowest BCUT2D eigenvalue weighted by atomic mass is 10.1. The van der Waals surface area contributed by atoms with Crippen LogP contribution in [0.15, 0.2) is 16.7 Å². The summed E-state index contributed by atoms with van der Waals surface area (Å²) < 4.78 is 5.24. The van der Waals surface area contributed by atoms with Crippen LogP contribution in [0.25, 0.3) is 0 Å². The maximum Gasteiger partial charge on any atom is 0.338 e. The van der Waals surface area contributed by atoms with Gasteiger partial charge in [0.05, 0.1) is 18.7 Å². The van der Waals surface area contributed by atoms with Crippen molar-refractivity contribution in [1.29, 1.82) is 0 Å². The average Bonchev–Trinajstić information content (AvgIpc) is 2.79. The fourth-order valence-corrected chi connectivity index (χ4v) is 2.10. The van der Waals surface area contributed by atoms with Crippen LogP contribution in [0.5, 0.6) is 0 Å². The Kier molecular flexibility index (Phi) is 5.88. The molecule has 0 radical (unpaired) electrons. The second kappa shape index (κ2) is 7.18. The lowest BCUT2D eigenvalue weighted by Crippen LogP contribution is -2.36. The van der Waals surface area contributed by atoms with Crippen molar-refractivity contribution < 1.29 is 19.4 Å². The molecule has 0 saturated heterocycles. The lowest BCUT2D eigenvalue weighted by molar-refractivity contribution is 0.0696. The molecule has 1 heterocycles. The Hall–Kier alpha value is -1.33. The van der Waals surface area contributed by atoms with Crippen molar-refractivity contribution >= 4 is 5.97 Å². The molecule has 1 rings (SSSR count). The van der Waals surface area contributed by atoms with Gasteiger partial charge in [-0.05, 0) is 18.9 Å². The highest BCUT2D eigenvalue weighted by atomic mass is 16.4. The van der Waals surface area contributed by atoms with E-state index in [0.29, 0.717) is 24.9 Å². The third-order valence-electron chi connectivity index (χ3n) is 3.11. The van der Waals surface area contributed by atoms with Crippen LogP contribution in [-0.4, -0.2) is 40.3 Å². The van der Waals surface area contributed by atoms with Gasteiger partial charge >= 0.3 is 5.97 Å². The number of carbonyl (C=O) groups is 1. The summed E-state index contributed by atoms with van der Waals surface area (Å²) in [7, 11) is 0. The van der Waals surface area contributed by atoms with E-state index in [1.54, 1.807) is 0 Å². The number of aliphatic hydroxyl groups excluding tert-OH is 1. The number of hydrogen-bond acceptors (Lipinski definition) is 4. The predicted octanol–water partition coefficient (Wildman–Crippen LogP) is 1.96. The monoisotopic (exact) mass is 255 g/mol. The van der Waals surface area contributed by atoms with E-state index in [4.69, 9.17) is 14.6 Å². The minimum absolute atomic E-state index is 0.0863. The molecule has 5 nitrogen and oxygen atoms in total. The van der Waals surface area contributed by atoms with Crippen LogP contribution in [0.1, 0.15) is 42.8 Å². The SMILES string of the molecule is CCC(CC)N(CCO)Cc1cc(C(=O)O)co1. The number of aromatic carboxylic acids is 1. The van der Waals surface area contributed by atoms with E-state index in [9.17, 15) is 4.79 Å². The first-order chi connectivity index (χ1) is 8.62. The van der Waals surface area contributed by atoms with E-state index in [1.807, 2.05) is 0 Å². The number of nitrogens with zero attached hydrogens (tertiary/aromatic N) is 1. The van der Waals surface area contributed by atoms with Gasteiger partial charge in [0.2, 0.25) is 0 Å². The molecule has 1 aromatic rings. The molecular formula is C13H21NO4. The average molecular weight is 255 g/mol. The van der Waals surface area contributed by atoms with Gasteiger partial charge in [0.1, 0.15) is 12.0 Å². The molecule has 0 aliphatic heterocycles. The van der Waals surface area contributed by atoms with Gasteiger partial charge in [-0.25, -0.2) is 4.79 Å². The number of carboxylic acid groups (broad SMARTS) is 1. The van der Waals surface area contributed by atoms with E-state index < -0.39 is 5.97 Å². The zero-order chi connectivity index (χ0) is 13.5. The van der Waals surface area contributed by atoms with Gasteiger partial charge in [-0.1, -0.05) is 13.8 Å². The van der Waals surface area contributed by atoms with Crippen molar-refractivity contribution in [3.8, 4) is 0 Å². The molecule has 0 aliphatic carbocycles. The van der Waals surface area contributed by atoms with Gasteiger partial charge in [0.15, 0.2) is 0 Å². The molecule has 0 saturated carbocycles. The number of aliphatic hydroxyl groups is 1. The summed E-state index contributed by atoms with van der Waals surface area (Å²) in [4.78, 5) is 12.9. The van der Waals surface area contributed by atoms with E-state index in [0.717, 1.165) is 12.8 Å². The number of rotatable bonds is 8. The summed E-state index contributed by atoms with van der Waals surface area (Å²) in [6.45, 7) is 5.38. The summed E-state index contributed by atoms with van der Waals surface area (Å²) in [5, 5.41) is 17.9. The summed E-state index contributed by atoms with van der Waals surface area (Å²) in [5.41, 5.74) is 0.165. The summed E-state index contributed by atoms with van der Waals surface area (Å²) in [6, 6.07) is 1.91. The molecule has 18 heavy (non-hydrogen) atoms. The van der Waals surface area contributed by atoms with E-state index >= 15 is 0 Å². The smallest absolute Gasteiger partial charge is 0.338 e. The van der Waals surface area contributed by atoms with Gasteiger partial charge in [-0.2, -0.15) is 0 Å². The lowest BCUT2D eigenvalue weighted by Gasteiger charge is -2.28. The Morgan fingerprint density at radius 3 is 2.56 bits per heavy atom. The second-order valence-electron chi connectivity index (χ2n) is 4.27. The highest BCUT2D eigenvalue weighted by Crippen LogP contribution is 2.15. The largest absolute Gasteiger partial charge is 0.478 e. The zero-order valence-corrected chi connectivity index (χ0v) is 10.9. The van der Waals surface area contributed by atoms with Gasteiger partial charge in [0.25, 0.3) is 0 Å². The Labute approximate surface area is 107 Å². The molecule has 0 aromatic carbocycles. The Morgan fingerprint density at radius 1 is 1.44 bits per heavy atom. The zero-order valence-electron chi connectivity index (χ0n) is 10.9.